The average molecular weight is 355 g/mol. The smallest absolute Gasteiger partial charge is 0.272 e. The standard InChI is InChI=1S/C18H21N5O3/c1-4-23(11-17-19-16(12-25-3)21-26-17)18(24)15-10-14(20-22(15)2)13-8-6-5-7-9-13/h5-10H,4,11-12H2,1-3H3. The van der Waals surface area contributed by atoms with Gasteiger partial charge in [-0.3, -0.25) is 9.48 Å². The number of hydrogen-bond donors (Lipinski definition) is 0. The molecule has 0 unspecified atom stereocenters. The molecular weight excluding hydrogens is 334 g/mol. The normalized spacial score (nSPS) is 10.9. The minimum atomic E-state index is -0.142. The van der Waals surface area contributed by atoms with Crippen LogP contribution >= 0.6 is 0 Å². The van der Waals surface area contributed by atoms with Crippen LogP contribution in [0.5, 0.6) is 0 Å². The maximum absolute atomic E-state index is 12.9. The first-order valence-electron chi connectivity index (χ1n) is 8.31. The predicted molar refractivity (Wildman–Crippen MR) is 94.1 cm³/mol. The number of nitrogens with zero attached hydrogens (tertiary/aromatic N) is 5. The first-order valence-corrected chi connectivity index (χ1v) is 8.31. The van der Waals surface area contributed by atoms with E-state index in [1.165, 1.54) is 0 Å². The Kier molecular flexibility index (Phi) is 5.43. The molecule has 1 amide bonds. The van der Waals surface area contributed by atoms with Crippen LogP contribution in [0.4, 0.5) is 0 Å². The van der Waals surface area contributed by atoms with Gasteiger partial charge < -0.3 is 14.2 Å². The van der Waals surface area contributed by atoms with Gasteiger partial charge in [0.25, 0.3) is 5.91 Å². The molecule has 0 bridgehead atoms. The molecule has 3 rings (SSSR count). The van der Waals surface area contributed by atoms with Crippen LogP contribution in [0.1, 0.15) is 29.1 Å². The second-order valence-corrected chi connectivity index (χ2v) is 5.76. The van der Waals surface area contributed by atoms with Crippen molar-refractivity contribution in [2.24, 2.45) is 7.05 Å². The molecule has 0 aliphatic carbocycles. The summed E-state index contributed by atoms with van der Waals surface area (Å²) in [5, 5.41) is 8.28. The Morgan fingerprint density at radius 2 is 2.08 bits per heavy atom. The highest BCUT2D eigenvalue weighted by atomic mass is 16.5. The van der Waals surface area contributed by atoms with Gasteiger partial charge >= 0.3 is 0 Å². The molecule has 0 spiro atoms. The van der Waals surface area contributed by atoms with E-state index in [9.17, 15) is 4.79 Å². The van der Waals surface area contributed by atoms with Gasteiger partial charge in [0, 0.05) is 26.3 Å². The minimum Gasteiger partial charge on any atom is -0.377 e. The third kappa shape index (κ3) is 3.80. The number of methoxy groups -OCH3 is 1. The van der Waals surface area contributed by atoms with E-state index in [0.29, 0.717) is 24.0 Å². The van der Waals surface area contributed by atoms with Gasteiger partial charge in [0.1, 0.15) is 18.8 Å². The highest BCUT2D eigenvalue weighted by molar-refractivity contribution is 5.93. The van der Waals surface area contributed by atoms with Crippen molar-refractivity contribution in [3.05, 3.63) is 53.8 Å². The Hall–Kier alpha value is -3.00. The Balaban J connectivity index is 1.79. The zero-order valence-corrected chi connectivity index (χ0v) is 15.0. The van der Waals surface area contributed by atoms with Gasteiger partial charge in [-0.25, -0.2) is 0 Å². The molecule has 8 nitrogen and oxygen atoms in total. The van der Waals surface area contributed by atoms with Gasteiger partial charge in [0.2, 0.25) is 5.89 Å². The molecular formula is C18H21N5O3. The Morgan fingerprint density at radius 1 is 1.31 bits per heavy atom. The van der Waals surface area contributed by atoms with E-state index in [1.54, 1.807) is 29.8 Å². The molecule has 8 heteroatoms. The lowest BCUT2D eigenvalue weighted by molar-refractivity contribution is 0.0723. The SMILES string of the molecule is CCN(Cc1nc(COC)no1)C(=O)c1cc(-c2ccccc2)nn1C. The maximum atomic E-state index is 12.9. The highest BCUT2D eigenvalue weighted by Gasteiger charge is 2.22. The topological polar surface area (TPSA) is 86.3 Å². The summed E-state index contributed by atoms with van der Waals surface area (Å²) >= 11 is 0. The lowest BCUT2D eigenvalue weighted by atomic mass is 10.1. The summed E-state index contributed by atoms with van der Waals surface area (Å²) in [5.41, 5.74) is 2.22. The van der Waals surface area contributed by atoms with Crippen LogP contribution in [0.3, 0.4) is 0 Å². The van der Waals surface area contributed by atoms with Crippen molar-refractivity contribution < 1.29 is 14.1 Å². The van der Waals surface area contributed by atoms with E-state index >= 15 is 0 Å². The monoisotopic (exact) mass is 355 g/mol. The Bertz CT molecular complexity index is 872. The lowest BCUT2D eigenvalue weighted by Gasteiger charge is -2.18. The quantitative estimate of drug-likeness (QED) is 0.646. The van der Waals surface area contributed by atoms with Crippen molar-refractivity contribution in [2.45, 2.75) is 20.1 Å². The van der Waals surface area contributed by atoms with Gasteiger partial charge in [-0.05, 0) is 13.0 Å². The summed E-state index contributed by atoms with van der Waals surface area (Å²) in [6.07, 6.45) is 0. The van der Waals surface area contributed by atoms with Crippen LogP contribution < -0.4 is 0 Å². The molecule has 0 radical (unpaired) electrons. The summed E-state index contributed by atoms with van der Waals surface area (Å²) < 4.78 is 11.8. The molecule has 0 atom stereocenters. The summed E-state index contributed by atoms with van der Waals surface area (Å²) in [5.74, 6) is 0.687. The molecule has 136 valence electrons. The third-order valence-corrected chi connectivity index (χ3v) is 3.95. The van der Waals surface area contributed by atoms with Crippen LogP contribution in [0.2, 0.25) is 0 Å². The summed E-state index contributed by atoms with van der Waals surface area (Å²) in [6, 6.07) is 11.5. The van der Waals surface area contributed by atoms with E-state index in [2.05, 4.69) is 15.2 Å². The van der Waals surface area contributed by atoms with E-state index in [1.807, 2.05) is 37.3 Å². The number of carbonyl (C=O) groups excluding carboxylic acids is 1. The fourth-order valence-corrected chi connectivity index (χ4v) is 2.61. The summed E-state index contributed by atoms with van der Waals surface area (Å²) in [4.78, 5) is 18.8. The second-order valence-electron chi connectivity index (χ2n) is 5.76. The molecule has 2 heterocycles. The molecule has 0 saturated carbocycles. The Morgan fingerprint density at radius 3 is 2.77 bits per heavy atom. The lowest BCUT2D eigenvalue weighted by Crippen LogP contribution is -2.31. The molecule has 0 fully saturated rings. The van der Waals surface area contributed by atoms with Gasteiger partial charge in [-0.2, -0.15) is 10.1 Å². The zero-order chi connectivity index (χ0) is 18.5. The van der Waals surface area contributed by atoms with E-state index < -0.39 is 0 Å². The summed E-state index contributed by atoms with van der Waals surface area (Å²) in [6.45, 7) is 2.91. The maximum Gasteiger partial charge on any atom is 0.272 e. The highest BCUT2D eigenvalue weighted by Crippen LogP contribution is 2.19. The van der Waals surface area contributed by atoms with Crippen molar-refractivity contribution in [1.82, 2.24) is 24.8 Å². The number of ether oxygens (including phenoxy) is 1. The fourth-order valence-electron chi connectivity index (χ4n) is 2.61. The van der Waals surface area contributed by atoms with Crippen LogP contribution in [-0.2, 0) is 24.9 Å². The van der Waals surface area contributed by atoms with Gasteiger partial charge in [-0.1, -0.05) is 35.5 Å². The molecule has 3 aromatic rings. The second kappa shape index (κ2) is 7.92. The fraction of sp³-hybridized carbons (Fsp3) is 0.333. The minimum absolute atomic E-state index is 0.142. The van der Waals surface area contributed by atoms with Crippen molar-refractivity contribution in [1.29, 1.82) is 0 Å². The van der Waals surface area contributed by atoms with Crippen LogP contribution in [0.25, 0.3) is 11.3 Å². The zero-order valence-electron chi connectivity index (χ0n) is 15.0. The number of aryl methyl sites for hydroxylation is 1. The third-order valence-electron chi connectivity index (χ3n) is 3.95. The molecule has 0 N–H and O–H groups in total. The number of benzene rings is 1. The number of rotatable bonds is 7. The van der Waals surface area contributed by atoms with Crippen LogP contribution in [0, 0.1) is 0 Å². The molecule has 1 aromatic carbocycles. The molecule has 0 saturated heterocycles. The molecule has 26 heavy (non-hydrogen) atoms. The number of carbonyl (C=O) groups is 1. The van der Waals surface area contributed by atoms with Crippen molar-refractivity contribution in [3.63, 3.8) is 0 Å². The van der Waals surface area contributed by atoms with E-state index in [4.69, 9.17) is 9.26 Å². The number of amides is 1. The van der Waals surface area contributed by atoms with Crippen LogP contribution in [-0.4, -0.2) is 44.4 Å². The number of aromatic nitrogens is 4. The first kappa shape index (κ1) is 17.8. The van der Waals surface area contributed by atoms with Crippen molar-refractivity contribution in [3.8, 4) is 11.3 Å². The molecule has 2 aromatic heterocycles. The van der Waals surface area contributed by atoms with Gasteiger partial charge in [0.15, 0.2) is 5.82 Å². The largest absolute Gasteiger partial charge is 0.377 e. The van der Waals surface area contributed by atoms with Crippen LogP contribution in [0.15, 0.2) is 40.9 Å². The van der Waals surface area contributed by atoms with E-state index in [0.717, 1.165) is 11.3 Å². The predicted octanol–water partition coefficient (Wildman–Crippen LogP) is 2.28. The summed E-state index contributed by atoms with van der Waals surface area (Å²) in [7, 11) is 3.32. The van der Waals surface area contributed by atoms with Gasteiger partial charge in [-0.15, -0.1) is 0 Å². The first-order chi connectivity index (χ1) is 12.6. The van der Waals surface area contributed by atoms with E-state index in [-0.39, 0.29) is 19.1 Å². The molecule has 0 aliphatic heterocycles. The number of hydrogen-bond acceptors (Lipinski definition) is 6. The average Bonchev–Trinajstić information content (AvgIpc) is 3.26. The van der Waals surface area contributed by atoms with Crippen molar-refractivity contribution >= 4 is 5.91 Å². The Labute approximate surface area is 151 Å². The van der Waals surface area contributed by atoms with Gasteiger partial charge in [0.05, 0.1) is 5.69 Å². The molecule has 0 aliphatic rings. The van der Waals surface area contributed by atoms with Crippen molar-refractivity contribution in [2.75, 3.05) is 13.7 Å².